The van der Waals surface area contributed by atoms with Gasteiger partial charge in [-0.2, -0.15) is 0 Å². The average molecular weight is 400 g/mol. The number of ether oxygens (including phenoxy) is 2. The fourth-order valence-electron chi connectivity index (χ4n) is 2.97. The summed E-state index contributed by atoms with van der Waals surface area (Å²) in [6, 6.07) is 10.7. The Labute approximate surface area is 163 Å². The summed E-state index contributed by atoms with van der Waals surface area (Å²) < 4.78 is 39.3. The lowest BCUT2D eigenvalue weighted by atomic mass is 10.1. The first-order valence-corrected chi connectivity index (χ1v) is 10.1. The van der Waals surface area contributed by atoms with Crippen LogP contribution in [0.3, 0.4) is 0 Å². The van der Waals surface area contributed by atoms with Gasteiger partial charge < -0.3 is 19.4 Å². The summed E-state index contributed by atoms with van der Waals surface area (Å²) >= 11 is 0. The second-order valence-electron chi connectivity index (χ2n) is 6.38. The lowest BCUT2D eigenvalue weighted by molar-refractivity contribution is 0.174. The van der Waals surface area contributed by atoms with E-state index in [9.17, 15) is 8.42 Å². The number of hydrogen-bond donors (Lipinski definition) is 2. The zero-order valence-electron chi connectivity index (χ0n) is 15.5. The molecule has 0 spiro atoms. The summed E-state index contributed by atoms with van der Waals surface area (Å²) in [5.74, 6) is 1.46. The maximum Gasteiger partial charge on any atom is 0.240 e. The molecule has 4 rings (SSSR count). The van der Waals surface area contributed by atoms with Crippen molar-refractivity contribution >= 4 is 15.7 Å². The van der Waals surface area contributed by atoms with Gasteiger partial charge in [-0.25, -0.2) is 18.1 Å². The van der Waals surface area contributed by atoms with Crippen molar-refractivity contribution in [1.29, 1.82) is 0 Å². The van der Waals surface area contributed by atoms with Crippen LogP contribution in [0.2, 0.25) is 0 Å². The molecule has 2 aromatic carbocycles. The SMILES string of the molecule is CNS(=O)(=O)c1ccc(NCc2ccc3c(c2)OCO3)c(-c2cn(C)cn2)c1. The predicted molar refractivity (Wildman–Crippen MR) is 105 cm³/mol. The molecular weight excluding hydrogens is 380 g/mol. The molecule has 1 aliphatic rings. The summed E-state index contributed by atoms with van der Waals surface area (Å²) in [6.07, 6.45) is 3.52. The molecule has 1 aromatic heterocycles. The van der Waals surface area contributed by atoms with Crippen LogP contribution in [0.5, 0.6) is 11.5 Å². The second kappa shape index (κ2) is 7.17. The fourth-order valence-corrected chi connectivity index (χ4v) is 3.73. The number of nitrogens with one attached hydrogen (secondary N) is 2. The van der Waals surface area contributed by atoms with E-state index in [1.165, 1.54) is 7.05 Å². The van der Waals surface area contributed by atoms with E-state index in [1.54, 1.807) is 24.5 Å². The van der Waals surface area contributed by atoms with Crippen LogP contribution in [-0.2, 0) is 23.6 Å². The summed E-state index contributed by atoms with van der Waals surface area (Å²) in [5, 5.41) is 3.36. The summed E-state index contributed by atoms with van der Waals surface area (Å²) in [6.45, 7) is 0.770. The normalized spacial score (nSPS) is 12.9. The number of nitrogens with zero attached hydrogens (tertiary/aromatic N) is 2. The molecule has 0 unspecified atom stereocenters. The molecule has 0 amide bonds. The van der Waals surface area contributed by atoms with E-state index in [1.807, 2.05) is 36.0 Å². The van der Waals surface area contributed by atoms with Crippen molar-refractivity contribution in [3.8, 4) is 22.8 Å². The van der Waals surface area contributed by atoms with Crippen LogP contribution in [0.15, 0.2) is 53.8 Å². The molecule has 9 heteroatoms. The number of benzene rings is 2. The molecule has 2 heterocycles. The highest BCUT2D eigenvalue weighted by molar-refractivity contribution is 7.89. The smallest absolute Gasteiger partial charge is 0.240 e. The van der Waals surface area contributed by atoms with Gasteiger partial charge in [0.1, 0.15) is 0 Å². The third-order valence-corrected chi connectivity index (χ3v) is 5.88. The van der Waals surface area contributed by atoms with Gasteiger partial charge in [0.2, 0.25) is 16.8 Å². The number of imidazole rings is 1. The molecule has 8 nitrogen and oxygen atoms in total. The molecule has 0 bridgehead atoms. The Morgan fingerprint density at radius 1 is 1.14 bits per heavy atom. The van der Waals surface area contributed by atoms with E-state index in [0.29, 0.717) is 17.8 Å². The first kappa shape index (κ1) is 18.3. The summed E-state index contributed by atoms with van der Waals surface area (Å²) in [5.41, 5.74) is 3.19. The molecule has 0 aliphatic carbocycles. The number of fused-ring (bicyclic) bond motifs is 1. The van der Waals surface area contributed by atoms with Gasteiger partial charge in [-0.15, -0.1) is 0 Å². The lowest BCUT2D eigenvalue weighted by Gasteiger charge is -2.13. The van der Waals surface area contributed by atoms with Crippen molar-refractivity contribution in [3.05, 3.63) is 54.5 Å². The van der Waals surface area contributed by atoms with Crippen molar-refractivity contribution in [2.24, 2.45) is 7.05 Å². The Hall–Kier alpha value is -3.04. The Kier molecular flexibility index (Phi) is 4.70. The first-order valence-electron chi connectivity index (χ1n) is 8.64. The van der Waals surface area contributed by atoms with Crippen molar-refractivity contribution in [2.75, 3.05) is 19.2 Å². The Balaban J connectivity index is 1.66. The van der Waals surface area contributed by atoms with Crippen LogP contribution in [0, 0.1) is 0 Å². The quantitative estimate of drug-likeness (QED) is 0.660. The standard InChI is InChI=1S/C19H20N4O4S/c1-20-28(24,25)14-4-5-16(15(8-14)17-10-23(2)11-22-17)21-9-13-3-6-18-19(7-13)27-12-26-18/h3-8,10-11,20-21H,9,12H2,1-2H3. The van der Waals surface area contributed by atoms with Gasteiger partial charge in [0.05, 0.1) is 16.9 Å². The van der Waals surface area contributed by atoms with E-state index >= 15 is 0 Å². The maximum absolute atomic E-state index is 12.2. The van der Waals surface area contributed by atoms with Gasteiger partial charge in [-0.3, -0.25) is 0 Å². The van der Waals surface area contributed by atoms with E-state index in [0.717, 1.165) is 22.7 Å². The van der Waals surface area contributed by atoms with Gasteiger partial charge in [0.15, 0.2) is 11.5 Å². The minimum atomic E-state index is -3.56. The zero-order chi connectivity index (χ0) is 19.7. The number of sulfonamides is 1. The van der Waals surface area contributed by atoms with Crippen LogP contribution in [0.25, 0.3) is 11.3 Å². The largest absolute Gasteiger partial charge is 0.454 e. The predicted octanol–water partition coefficient (Wildman–Crippen LogP) is 2.34. The van der Waals surface area contributed by atoms with Crippen LogP contribution in [0.1, 0.15) is 5.56 Å². The molecule has 0 saturated carbocycles. The van der Waals surface area contributed by atoms with Crippen LogP contribution in [-0.4, -0.2) is 31.8 Å². The highest BCUT2D eigenvalue weighted by atomic mass is 32.2. The van der Waals surface area contributed by atoms with Crippen LogP contribution >= 0.6 is 0 Å². The van der Waals surface area contributed by atoms with Crippen LogP contribution in [0.4, 0.5) is 5.69 Å². The Morgan fingerprint density at radius 2 is 1.96 bits per heavy atom. The first-order chi connectivity index (χ1) is 13.5. The number of hydrogen-bond acceptors (Lipinski definition) is 6. The molecule has 1 aliphatic heterocycles. The Morgan fingerprint density at radius 3 is 2.71 bits per heavy atom. The molecule has 0 saturated heterocycles. The maximum atomic E-state index is 12.2. The van der Waals surface area contributed by atoms with Crippen molar-refractivity contribution in [1.82, 2.24) is 14.3 Å². The van der Waals surface area contributed by atoms with Gasteiger partial charge in [0.25, 0.3) is 0 Å². The average Bonchev–Trinajstić information content (AvgIpc) is 3.34. The Bertz CT molecular complexity index is 1120. The topological polar surface area (TPSA) is 94.5 Å². The molecule has 28 heavy (non-hydrogen) atoms. The molecule has 2 N–H and O–H groups in total. The summed E-state index contributed by atoms with van der Waals surface area (Å²) in [4.78, 5) is 4.55. The van der Waals surface area contributed by atoms with E-state index in [-0.39, 0.29) is 11.7 Å². The molecule has 0 atom stereocenters. The molecular formula is C19H20N4O4S. The third-order valence-electron chi connectivity index (χ3n) is 4.47. The number of rotatable bonds is 6. The monoisotopic (exact) mass is 400 g/mol. The molecule has 0 fully saturated rings. The van der Waals surface area contributed by atoms with E-state index in [4.69, 9.17) is 9.47 Å². The van der Waals surface area contributed by atoms with Crippen LogP contribution < -0.4 is 19.5 Å². The van der Waals surface area contributed by atoms with Gasteiger partial charge in [-0.05, 0) is 42.9 Å². The molecule has 0 radical (unpaired) electrons. The van der Waals surface area contributed by atoms with Crippen molar-refractivity contribution in [3.63, 3.8) is 0 Å². The number of anilines is 1. The van der Waals surface area contributed by atoms with Crippen molar-refractivity contribution < 1.29 is 17.9 Å². The highest BCUT2D eigenvalue weighted by Gasteiger charge is 2.17. The van der Waals surface area contributed by atoms with Gasteiger partial charge in [0, 0.05) is 31.0 Å². The minimum Gasteiger partial charge on any atom is -0.454 e. The highest BCUT2D eigenvalue weighted by Crippen LogP contribution is 2.34. The molecule has 3 aromatic rings. The zero-order valence-corrected chi connectivity index (χ0v) is 16.3. The van der Waals surface area contributed by atoms with E-state index < -0.39 is 10.0 Å². The number of aromatic nitrogens is 2. The van der Waals surface area contributed by atoms with Gasteiger partial charge >= 0.3 is 0 Å². The van der Waals surface area contributed by atoms with Crippen molar-refractivity contribution in [2.45, 2.75) is 11.4 Å². The fraction of sp³-hybridized carbons (Fsp3) is 0.211. The minimum absolute atomic E-state index is 0.185. The number of aryl methyl sites for hydroxylation is 1. The van der Waals surface area contributed by atoms with E-state index in [2.05, 4.69) is 15.0 Å². The second-order valence-corrected chi connectivity index (χ2v) is 8.27. The molecule has 146 valence electrons. The third kappa shape index (κ3) is 3.54. The lowest BCUT2D eigenvalue weighted by Crippen LogP contribution is -2.18. The summed E-state index contributed by atoms with van der Waals surface area (Å²) in [7, 11) is -0.299. The van der Waals surface area contributed by atoms with Gasteiger partial charge in [-0.1, -0.05) is 6.07 Å².